The first-order valence-corrected chi connectivity index (χ1v) is 7.65. The van der Waals surface area contributed by atoms with Crippen molar-refractivity contribution in [2.24, 2.45) is 4.99 Å². The van der Waals surface area contributed by atoms with E-state index < -0.39 is 0 Å². The molecule has 0 radical (unpaired) electrons. The van der Waals surface area contributed by atoms with Crippen LogP contribution in [-0.2, 0) is 6.54 Å². The molecule has 0 fully saturated rings. The summed E-state index contributed by atoms with van der Waals surface area (Å²) < 4.78 is 2.04. The SMILES string of the molecule is CN=C(NCCCCSC)NCCn1ccnc1. The van der Waals surface area contributed by atoms with E-state index in [0.717, 1.165) is 25.6 Å². The molecule has 0 spiro atoms. The van der Waals surface area contributed by atoms with Gasteiger partial charge in [0.15, 0.2) is 5.96 Å². The standard InChI is InChI=1S/C12H23N5S/c1-13-12(15-5-3-4-10-18-2)16-7-9-17-8-6-14-11-17/h6,8,11H,3-5,7,9-10H2,1-2H3,(H2,13,15,16). The van der Waals surface area contributed by atoms with Crippen molar-refractivity contribution in [2.75, 3.05) is 32.1 Å². The lowest BCUT2D eigenvalue weighted by Crippen LogP contribution is -2.39. The molecule has 6 heteroatoms. The molecule has 0 aliphatic rings. The van der Waals surface area contributed by atoms with Gasteiger partial charge in [-0.25, -0.2) is 4.98 Å². The van der Waals surface area contributed by atoms with Gasteiger partial charge in [-0.1, -0.05) is 0 Å². The smallest absolute Gasteiger partial charge is 0.191 e. The minimum Gasteiger partial charge on any atom is -0.356 e. The summed E-state index contributed by atoms with van der Waals surface area (Å²) >= 11 is 1.90. The van der Waals surface area contributed by atoms with Crippen molar-refractivity contribution in [1.82, 2.24) is 20.2 Å². The molecule has 1 rings (SSSR count). The summed E-state index contributed by atoms with van der Waals surface area (Å²) in [6.45, 7) is 2.72. The number of imidazole rings is 1. The fourth-order valence-electron chi connectivity index (χ4n) is 1.52. The third kappa shape index (κ3) is 6.54. The zero-order valence-corrected chi connectivity index (χ0v) is 12.0. The third-order valence-corrected chi connectivity index (χ3v) is 3.21. The van der Waals surface area contributed by atoms with Crippen LogP contribution in [0.5, 0.6) is 0 Å². The van der Waals surface area contributed by atoms with Crippen LogP contribution in [0.1, 0.15) is 12.8 Å². The molecule has 2 N–H and O–H groups in total. The third-order valence-electron chi connectivity index (χ3n) is 2.51. The lowest BCUT2D eigenvalue weighted by Gasteiger charge is -2.11. The number of nitrogens with zero attached hydrogens (tertiary/aromatic N) is 3. The van der Waals surface area contributed by atoms with E-state index in [2.05, 4.69) is 26.9 Å². The Bertz CT molecular complexity index is 323. The Morgan fingerprint density at radius 2 is 2.17 bits per heavy atom. The van der Waals surface area contributed by atoms with Crippen LogP contribution in [-0.4, -0.2) is 47.7 Å². The Labute approximate surface area is 113 Å². The van der Waals surface area contributed by atoms with Gasteiger partial charge in [0.25, 0.3) is 0 Å². The van der Waals surface area contributed by atoms with E-state index in [-0.39, 0.29) is 0 Å². The molecule has 0 unspecified atom stereocenters. The second kappa shape index (κ2) is 9.82. The number of hydrogen-bond donors (Lipinski definition) is 2. The van der Waals surface area contributed by atoms with E-state index >= 15 is 0 Å². The van der Waals surface area contributed by atoms with Crippen LogP contribution in [0.15, 0.2) is 23.7 Å². The maximum atomic E-state index is 4.19. The van der Waals surface area contributed by atoms with Crippen molar-refractivity contribution in [3.63, 3.8) is 0 Å². The van der Waals surface area contributed by atoms with Gasteiger partial charge in [-0.2, -0.15) is 11.8 Å². The summed E-state index contributed by atoms with van der Waals surface area (Å²) in [6.07, 6.45) is 10.1. The average Bonchev–Trinajstić information content (AvgIpc) is 2.89. The van der Waals surface area contributed by atoms with Crippen LogP contribution in [0.4, 0.5) is 0 Å². The number of hydrogen-bond acceptors (Lipinski definition) is 3. The first-order valence-electron chi connectivity index (χ1n) is 6.26. The fraction of sp³-hybridized carbons (Fsp3) is 0.667. The predicted octanol–water partition coefficient (Wildman–Crippen LogP) is 1.19. The number of thioether (sulfide) groups is 1. The molecule has 5 nitrogen and oxygen atoms in total. The highest BCUT2D eigenvalue weighted by atomic mass is 32.2. The molecule has 0 aliphatic carbocycles. The molecule has 0 bridgehead atoms. The van der Waals surface area contributed by atoms with Gasteiger partial charge < -0.3 is 15.2 Å². The van der Waals surface area contributed by atoms with Crippen LogP contribution >= 0.6 is 11.8 Å². The highest BCUT2D eigenvalue weighted by Gasteiger charge is 1.96. The van der Waals surface area contributed by atoms with Crippen molar-refractivity contribution < 1.29 is 0 Å². The second-order valence-corrected chi connectivity index (χ2v) is 4.91. The van der Waals surface area contributed by atoms with Gasteiger partial charge >= 0.3 is 0 Å². The monoisotopic (exact) mass is 269 g/mol. The maximum Gasteiger partial charge on any atom is 0.191 e. The van der Waals surface area contributed by atoms with Crippen molar-refractivity contribution in [1.29, 1.82) is 0 Å². The van der Waals surface area contributed by atoms with Crippen LogP contribution in [0, 0.1) is 0 Å². The van der Waals surface area contributed by atoms with Gasteiger partial charge in [-0.05, 0) is 24.9 Å². The molecule has 102 valence electrons. The zero-order valence-electron chi connectivity index (χ0n) is 11.2. The fourth-order valence-corrected chi connectivity index (χ4v) is 2.01. The quantitative estimate of drug-likeness (QED) is 0.423. The first-order chi connectivity index (χ1) is 8.86. The summed E-state index contributed by atoms with van der Waals surface area (Å²) in [5.74, 6) is 2.10. The Balaban J connectivity index is 2.06. The van der Waals surface area contributed by atoms with Gasteiger partial charge in [0.05, 0.1) is 6.33 Å². The molecule has 0 aromatic carbocycles. The number of aromatic nitrogens is 2. The van der Waals surface area contributed by atoms with Crippen LogP contribution in [0.3, 0.4) is 0 Å². The normalized spacial score (nSPS) is 11.6. The van der Waals surface area contributed by atoms with E-state index in [0.29, 0.717) is 0 Å². The number of nitrogens with one attached hydrogen (secondary N) is 2. The van der Waals surface area contributed by atoms with Gasteiger partial charge in [0, 0.05) is 39.1 Å². The molecule has 1 aromatic rings. The highest BCUT2D eigenvalue weighted by molar-refractivity contribution is 7.98. The molecule has 1 heterocycles. The van der Waals surface area contributed by atoms with Crippen LogP contribution in [0.2, 0.25) is 0 Å². The minimum absolute atomic E-state index is 0.848. The molecule has 18 heavy (non-hydrogen) atoms. The summed E-state index contributed by atoms with van der Waals surface area (Å²) in [4.78, 5) is 8.19. The number of aliphatic imine (C=N–C) groups is 1. The van der Waals surface area contributed by atoms with Crippen LogP contribution in [0.25, 0.3) is 0 Å². The molecule has 0 aliphatic heterocycles. The van der Waals surface area contributed by atoms with Gasteiger partial charge in [-0.3, -0.25) is 4.99 Å². The molecule has 0 atom stereocenters. The van der Waals surface area contributed by atoms with Gasteiger partial charge in [0.1, 0.15) is 0 Å². The molecule has 0 amide bonds. The summed E-state index contributed by atoms with van der Waals surface area (Å²) in [5, 5.41) is 6.60. The Hall–Kier alpha value is -1.17. The Morgan fingerprint density at radius 3 is 2.83 bits per heavy atom. The second-order valence-electron chi connectivity index (χ2n) is 3.93. The lowest BCUT2D eigenvalue weighted by atomic mass is 10.3. The maximum absolute atomic E-state index is 4.19. The highest BCUT2D eigenvalue weighted by Crippen LogP contribution is 1.97. The van der Waals surface area contributed by atoms with Gasteiger partial charge in [-0.15, -0.1) is 0 Å². The van der Waals surface area contributed by atoms with E-state index in [1.165, 1.54) is 18.6 Å². The molecular weight excluding hydrogens is 246 g/mol. The minimum atomic E-state index is 0.848. The Morgan fingerprint density at radius 1 is 1.33 bits per heavy atom. The van der Waals surface area contributed by atoms with Crippen molar-refractivity contribution >= 4 is 17.7 Å². The van der Waals surface area contributed by atoms with E-state index in [9.17, 15) is 0 Å². The average molecular weight is 269 g/mol. The molecule has 0 saturated carbocycles. The zero-order chi connectivity index (χ0) is 13.1. The summed E-state index contributed by atoms with van der Waals surface area (Å²) in [7, 11) is 1.80. The number of rotatable bonds is 8. The van der Waals surface area contributed by atoms with E-state index in [4.69, 9.17) is 0 Å². The van der Waals surface area contributed by atoms with Gasteiger partial charge in [0.2, 0.25) is 0 Å². The van der Waals surface area contributed by atoms with Crippen LogP contribution < -0.4 is 10.6 Å². The van der Waals surface area contributed by atoms with Crippen molar-refractivity contribution in [3.05, 3.63) is 18.7 Å². The lowest BCUT2D eigenvalue weighted by molar-refractivity contribution is 0.656. The Kier molecular flexibility index (Phi) is 8.12. The van der Waals surface area contributed by atoms with E-state index in [1.54, 1.807) is 13.2 Å². The van der Waals surface area contributed by atoms with E-state index in [1.807, 2.05) is 28.9 Å². The first kappa shape index (κ1) is 14.9. The summed E-state index contributed by atoms with van der Waals surface area (Å²) in [6, 6.07) is 0. The van der Waals surface area contributed by atoms with Crippen molar-refractivity contribution in [2.45, 2.75) is 19.4 Å². The summed E-state index contributed by atoms with van der Waals surface area (Å²) in [5.41, 5.74) is 0. The largest absolute Gasteiger partial charge is 0.356 e. The predicted molar refractivity (Wildman–Crippen MR) is 79.2 cm³/mol. The topological polar surface area (TPSA) is 54.2 Å². The number of guanidine groups is 1. The molecule has 0 saturated heterocycles. The molecular formula is C12H23N5S. The number of unbranched alkanes of at least 4 members (excludes halogenated alkanes) is 1. The molecule has 1 aromatic heterocycles. The van der Waals surface area contributed by atoms with Crippen molar-refractivity contribution in [3.8, 4) is 0 Å².